The molecule has 1 heterocycles. The summed E-state index contributed by atoms with van der Waals surface area (Å²) in [5.41, 5.74) is 7.18. The van der Waals surface area contributed by atoms with E-state index in [4.69, 9.17) is 5.73 Å². The highest BCUT2D eigenvalue weighted by molar-refractivity contribution is 5.39. The summed E-state index contributed by atoms with van der Waals surface area (Å²) in [6, 6.07) is 4.67. The number of hydrogen-bond donors (Lipinski definition) is 2. The van der Waals surface area contributed by atoms with Gasteiger partial charge in [-0.2, -0.15) is 0 Å². The van der Waals surface area contributed by atoms with Crippen LogP contribution in [0.2, 0.25) is 0 Å². The van der Waals surface area contributed by atoms with Gasteiger partial charge < -0.3 is 11.1 Å². The molecule has 1 aromatic heterocycles. The van der Waals surface area contributed by atoms with E-state index in [1.54, 1.807) is 6.20 Å². The predicted molar refractivity (Wildman–Crippen MR) is 81.0 cm³/mol. The molecule has 1 aliphatic rings. The molecule has 2 rings (SSSR count). The summed E-state index contributed by atoms with van der Waals surface area (Å²) in [4.78, 5) is 4.21. The number of hydrogen-bond acceptors (Lipinski definition) is 3. The Labute approximate surface area is 117 Å². The minimum Gasteiger partial charge on any atom is -0.383 e. The number of pyridine rings is 1. The predicted octanol–water partition coefficient (Wildman–Crippen LogP) is 3.15. The van der Waals surface area contributed by atoms with Crippen molar-refractivity contribution in [1.82, 2.24) is 10.3 Å². The maximum Gasteiger partial charge on any atom is 0.126 e. The van der Waals surface area contributed by atoms with Crippen molar-refractivity contribution in [3.05, 3.63) is 23.9 Å². The number of nitrogen functional groups attached to an aromatic ring is 1. The van der Waals surface area contributed by atoms with Gasteiger partial charge in [0.15, 0.2) is 0 Å². The molecular formula is C16H27N3. The number of nitrogens with one attached hydrogen (secondary N) is 1. The Morgan fingerprint density at radius 1 is 1.37 bits per heavy atom. The molecule has 0 spiro atoms. The van der Waals surface area contributed by atoms with Gasteiger partial charge in [0.2, 0.25) is 0 Å². The van der Waals surface area contributed by atoms with Crippen LogP contribution in [-0.2, 0) is 6.42 Å². The molecule has 1 fully saturated rings. The lowest BCUT2D eigenvalue weighted by Gasteiger charge is -2.31. The number of nitrogens with two attached hydrogens (primary N) is 1. The highest BCUT2D eigenvalue weighted by Crippen LogP contribution is 2.28. The third-order valence-corrected chi connectivity index (χ3v) is 4.24. The van der Waals surface area contributed by atoms with Crippen LogP contribution in [0.1, 0.15) is 51.0 Å². The van der Waals surface area contributed by atoms with Gasteiger partial charge in [-0.05, 0) is 49.8 Å². The maximum atomic E-state index is 5.99. The van der Waals surface area contributed by atoms with Gasteiger partial charge in [-0.15, -0.1) is 0 Å². The lowest BCUT2D eigenvalue weighted by atomic mass is 9.81. The van der Waals surface area contributed by atoms with Crippen molar-refractivity contribution in [3.8, 4) is 0 Å². The van der Waals surface area contributed by atoms with Crippen molar-refractivity contribution in [3.63, 3.8) is 0 Å². The van der Waals surface area contributed by atoms with E-state index in [0.29, 0.717) is 11.9 Å². The molecule has 106 valence electrons. The van der Waals surface area contributed by atoms with E-state index < -0.39 is 0 Å². The van der Waals surface area contributed by atoms with Crippen LogP contribution in [-0.4, -0.2) is 17.6 Å². The zero-order valence-corrected chi connectivity index (χ0v) is 12.1. The molecule has 1 unspecified atom stereocenters. The summed E-state index contributed by atoms with van der Waals surface area (Å²) in [7, 11) is 0. The molecule has 0 aliphatic heterocycles. The Morgan fingerprint density at radius 3 is 2.84 bits per heavy atom. The van der Waals surface area contributed by atoms with Crippen LogP contribution in [0.4, 0.5) is 5.82 Å². The van der Waals surface area contributed by atoms with Crippen LogP contribution in [0.15, 0.2) is 18.3 Å². The fourth-order valence-corrected chi connectivity index (χ4v) is 3.13. The van der Waals surface area contributed by atoms with Crippen molar-refractivity contribution in [1.29, 1.82) is 0 Å². The lowest BCUT2D eigenvalue weighted by Crippen LogP contribution is -2.39. The Kier molecular flexibility index (Phi) is 5.64. The Balaban J connectivity index is 2.02. The van der Waals surface area contributed by atoms with Crippen molar-refractivity contribution in [2.75, 3.05) is 12.3 Å². The van der Waals surface area contributed by atoms with E-state index in [2.05, 4.69) is 23.3 Å². The first-order valence-corrected chi connectivity index (χ1v) is 7.74. The summed E-state index contributed by atoms with van der Waals surface area (Å²) in [6.07, 6.45) is 10.9. The molecule has 19 heavy (non-hydrogen) atoms. The highest BCUT2D eigenvalue weighted by Gasteiger charge is 2.23. The SMILES string of the molecule is CCCNC(Cc1cccnc1N)C1CCCCC1. The van der Waals surface area contributed by atoms with E-state index in [1.807, 2.05) is 6.07 Å². The van der Waals surface area contributed by atoms with Crippen molar-refractivity contribution >= 4 is 5.82 Å². The zero-order chi connectivity index (χ0) is 13.5. The van der Waals surface area contributed by atoms with Crippen molar-refractivity contribution < 1.29 is 0 Å². The topological polar surface area (TPSA) is 50.9 Å². The molecule has 3 heteroatoms. The van der Waals surface area contributed by atoms with E-state index in [1.165, 1.54) is 44.1 Å². The molecule has 3 N–H and O–H groups in total. The highest BCUT2D eigenvalue weighted by atomic mass is 14.9. The molecular weight excluding hydrogens is 234 g/mol. The Bertz CT molecular complexity index is 372. The van der Waals surface area contributed by atoms with E-state index >= 15 is 0 Å². The lowest BCUT2D eigenvalue weighted by molar-refractivity contribution is 0.267. The Hall–Kier alpha value is -1.09. The van der Waals surface area contributed by atoms with E-state index in [-0.39, 0.29) is 0 Å². The second kappa shape index (κ2) is 7.49. The first-order chi connectivity index (χ1) is 9.31. The van der Waals surface area contributed by atoms with Crippen molar-refractivity contribution in [2.45, 2.75) is 57.9 Å². The second-order valence-corrected chi connectivity index (χ2v) is 5.71. The molecule has 0 radical (unpaired) electrons. The summed E-state index contributed by atoms with van der Waals surface area (Å²) < 4.78 is 0. The Morgan fingerprint density at radius 2 is 2.16 bits per heavy atom. The van der Waals surface area contributed by atoms with E-state index in [9.17, 15) is 0 Å². The second-order valence-electron chi connectivity index (χ2n) is 5.71. The third kappa shape index (κ3) is 4.20. The fourth-order valence-electron chi connectivity index (χ4n) is 3.13. The first kappa shape index (κ1) is 14.3. The number of nitrogens with zero attached hydrogens (tertiary/aromatic N) is 1. The maximum absolute atomic E-state index is 5.99. The molecule has 0 saturated heterocycles. The number of aromatic nitrogens is 1. The van der Waals surface area contributed by atoms with Gasteiger partial charge in [0, 0.05) is 12.2 Å². The third-order valence-electron chi connectivity index (χ3n) is 4.24. The van der Waals surface area contributed by atoms with Gasteiger partial charge in [-0.1, -0.05) is 32.3 Å². The quantitative estimate of drug-likeness (QED) is 0.827. The molecule has 1 saturated carbocycles. The van der Waals surface area contributed by atoms with Crippen LogP contribution in [0.25, 0.3) is 0 Å². The van der Waals surface area contributed by atoms with Crippen LogP contribution < -0.4 is 11.1 Å². The minimum atomic E-state index is 0.562. The smallest absolute Gasteiger partial charge is 0.126 e. The molecule has 1 aromatic rings. The van der Waals surface area contributed by atoms with Gasteiger partial charge in [-0.25, -0.2) is 4.98 Å². The zero-order valence-electron chi connectivity index (χ0n) is 12.1. The van der Waals surface area contributed by atoms with Gasteiger partial charge in [0.25, 0.3) is 0 Å². The largest absolute Gasteiger partial charge is 0.383 e. The van der Waals surface area contributed by atoms with Crippen LogP contribution in [0.5, 0.6) is 0 Å². The average Bonchev–Trinajstić information content (AvgIpc) is 2.46. The average molecular weight is 261 g/mol. The number of anilines is 1. The standard InChI is InChI=1S/C16H27N3/c1-2-10-18-15(13-7-4-3-5-8-13)12-14-9-6-11-19-16(14)17/h6,9,11,13,15,18H,2-5,7-8,10,12H2,1H3,(H2,17,19). The summed E-state index contributed by atoms with van der Waals surface area (Å²) in [5, 5.41) is 3.73. The molecule has 1 atom stereocenters. The summed E-state index contributed by atoms with van der Waals surface area (Å²) in [6.45, 7) is 3.32. The monoisotopic (exact) mass is 261 g/mol. The van der Waals surface area contributed by atoms with Gasteiger partial charge in [-0.3, -0.25) is 0 Å². The fraction of sp³-hybridized carbons (Fsp3) is 0.688. The first-order valence-electron chi connectivity index (χ1n) is 7.74. The van der Waals surface area contributed by atoms with Crippen LogP contribution in [0, 0.1) is 5.92 Å². The molecule has 0 amide bonds. The van der Waals surface area contributed by atoms with Crippen molar-refractivity contribution in [2.24, 2.45) is 5.92 Å². The van der Waals surface area contributed by atoms with Crippen LogP contribution in [0.3, 0.4) is 0 Å². The van der Waals surface area contributed by atoms with Gasteiger partial charge in [0.1, 0.15) is 5.82 Å². The molecule has 3 nitrogen and oxygen atoms in total. The molecule has 1 aliphatic carbocycles. The normalized spacial score (nSPS) is 18.4. The van der Waals surface area contributed by atoms with Gasteiger partial charge in [0.05, 0.1) is 0 Å². The number of rotatable bonds is 6. The molecule has 0 aromatic carbocycles. The van der Waals surface area contributed by atoms with E-state index in [0.717, 1.165) is 18.9 Å². The summed E-state index contributed by atoms with van der Waals surface area (Å²) in [5.74, 6) is 1.50. The summed E-state index contributed by atoms with van der Waals surface area (Å²) >= 11 is 0. The minimum absolute atomic E-state index is 0.562. The van der Waals surface area contributed by atoms with Gasteiger partial charge >= 0.3 is 0 Å². The molecule has 0 bridgehead atoms. The van der Waals surface area contributed by atoms with Crippen LogP contribution >= 0.6 is 0 Å².